The summed E-state index contributed by atoms with van der Waals surface area (Å²) in [6.07, 6.45) is 0. The maximum absolute atomic E-state index is 13.1. The summed E-state index contributed by atoms with van der Waals surface area (Å²) in [6, 6.07) is 30.3. The molecule has 0 unspecified atom stereocenters. The molecule has 8 heteroatoms. The van der Waals surface area contributed by atoms with Crippen LogP contribution in [-0.2, 0) is 13.1 Å². The fraction of sp³-hybridized carbons (Fsp3) is 0.133. The Morgan fingerprint density at radius 3 is 1.37 bits per heavy atom. The number of carbonyl (C=O) groups is 2. The van der Waals surface area contributed by atoms with Gasteiger partial charge in [-0.3, -0.25) is 9.59 Å². The quantitative estimate of drug-likeness (QED) is 0.214. The van der Waals surface area contributed by atoms with Gasteiger partial charge in [0.25, 0.3) is 11.8 Å². The molecule has 0 radical (unpaired) electrons. The van der Waals surface area contributed by atoms with E-state index in [4.69, 9.17) is 9.47 Å². The molecule has 0 bridgehead atoms. The summed E-state index contributed by atoms with van der Waals surface area (Å²) in [6.45, 7) is 0.830. The summed E-state index contributed by atoms with van der Waals surface area (Å²) in [5.41, 5.74) is 3.02. The van der Waals surface area contributed by atoms with Gasteiger partial charge in [-0.2, -0.15) is 0 Å². The van der Waals surface area contributed by atoms with Gasteiger partial charge in [-0.25, -0.2) is 0 Å². The minimum absolute atomic E-state index is 0.202. The van der Waals surface area contributed by atoms with Crippen LogP contribution in [0.5, 0.6) is 11.5 Å². The van der Waals surface area contributed by atoms with E-state index in [9.17, 15) is 9.59 Å². The Balaban J connectivity index is 1.51. The van der Waals surface area contributed by atoms with E-state index in [1.54, 1.807) is 26.4 Å². The molecule has 0 atom stereocenters. The van der Waals surface area contributed by atoms with E-state index in [-0.39, 0.29) is 11.8 Å². The van der Waals surface area contributed by atoms with Crippen LogP contribution in [0.4, 0.5) is 0 Å². The zero-order valence-corrected chi connectivity index (χ0v) is 22.7. The molecular formula is C30H28N2O4S2. The first-order valence-electron chi connectivity index (χ1n) is 11.9. The van der Waals surface area contributed by atoms with Crippen LogP contribution in [0.25, 0.3) is 0 Å². The first kappa shape index (κ1) is 27.2. The largest absolute Gasteiger partial charge is 0.497 e. The third kappa shape index (κ3) is 7.34. The molecule has 4 aromatic rings. The molecule has 0 fully saturated rings. The van der Waals surface area contributed by atoms with E-state index >= 15 is 0 Å². The van der Waals surface area contributed by atoms with E-state index in [2.05, 4.69) is 10.6 Å². The number of hydrogen-bond acceptors (Lipinski definition) is 6. The average molecular weight is 545 g/mol. The van der Waals surface area contributed by atoms with Gasteiger partial charge < -0.3 is 20.1 Å². The highest BCUT2D eigenvalue weighted by molar-refractivity contribution is 8.76. The summed E-state index contributed by atoms with van der Waals surface area (Å²) in [5, 5.41) is 5.97. The van der Waals surface area contributed by atoms with Crippen molar-refractivity contribution in [3.05, 3.63) is 119 Å². The molecule has 194 valence electrons. The number of rotatable bonds is 11. The molecule has 0 spiro atoms. The topological polar surface area (TPSA) is 76.7 Å². The molecule has 2 N–H and O–H groups in total. The number of carbonyl (C=O) groups excluding carboxylic acids is 2. The smallest absolute Gasteiger partial charge is 0.252 e. The second-order valence-corrected chi connectivity index (χ2v) is 10.4. The summed E-state index contributed by atoms with van der Waals surface area (Å²) < 4.78 is 10.7. The maximum Gasteiger partial charge on any atom is 0.252 e. The normalized spacial score (nSPS) is 10.5. The van der Waals surface area contributed by atoms with Gasteiger partial charge in [-0.05, 0) is 47.5 Å². The highest BCUT2D eigenvalue weighted by Gasteiger charge is 2.18. The SMILES string of the molecule is COc1ccc(SSc2ccc(OC)cc2C(=O)NCc2ccccc2)c(C(=O)NCc2ccccc2)c1. The molecule has 0 saturated carbocycles. The van der Waals surface area contributed by atoms with Crippen LogP contribution in [-0.4, -0.2) is 26.0 Å². The second kappa shape index (κ2) is 13.6. The Hall–Kier alpha value is -3.88. The number of amides is 2. The number of hydrogen-bond donors (Lipinski definition) is 2. The van der Waals surface area contributed by atoms with Crippen molar-refractivity contribution >= 4 is 33.4 Å². The van der Waals surface area contributed by atoms with Gasteiger partial charge in [0.1, 0.15) is 11.5 Å². The monoisotopic (exact) mass is 544 g/mol. The Kier molecular flexibility index (Phi) is 9.72. The van der Waals surface area contributed by atoms with E-state index in [1.807, 2.05) is 84.9 Å². The Bertz CT molecular complexity index is 1270. The van der Waals surface area contributed by atoms with Crippen molar-refractivity contribution in [1.82, 2.24) is 10.6 Å². The van der Waals surface area contributed by atoms with Crippen LogP contribution < -0.4 is 20.1 Å². The summed E-state index contributed by atoms with van der Waals surface area (Å²) >= 11 is 0. The van der Waals surface area contributed by atoms with Crippen LogP contribution in [0.3, 0.4) is 0 Å². The number of ether oxygens (including phenoxy) is 2. The molecule has 4 rings (SSSR count). The van der Waals surface area contributed by atoms with Crippen LogP contribution in [0.15, 0.2) is 107 Å². The van der Waals surface area contributed by atoms with Crippen molar-refractivity contribution in [2.24, 2.45) is 0 Å². The van der Waals surface area contributed by atoms with Crippen molar-refractivity contribution in [1.29, 1.82) is 0 Å². The molecule has 0 saturated heterocycles. The first-order chi connectivity index (χ1) is 18.6. The standard InChI is InChI=1S/C30H28N2O4S2/c1-35-23-13-15-27(25(17-23)29(33)31-19-21-9-5-3-6-10-21)37-38-28-16-14-24(36-2)18-26(28)30(34)32-20-22-11-7-4-8-12-22/h3-18H,19-20H2,1-2H3,(H,31,33)(H,32,34). The van der Waals surface area contributed by atoms with Crippen molar-refractivity contribution in [2.45, 2.75) is 22.9 Å². The highest BCUT2D eigenvalue weighted by atomic mass is 33.1. The molecule has 0 aromatic heterocycles. The number of nitrogens with one attached hydrogen (secondary N) is 2. The lowest BCUT2D eigenvalue weighted by Crippen LogP contribution is -2.23. The molecular weight excluding hydrogens is 516 g/mol. The Morgan fingerprint density at radius 1 is 0.605 bits per heavy atom. The van der Waals surface area contributed by atoms with Crippen molar-refractivity contribution < 1.29 is 19.1 Å². The molecule has 0 heterocycles. The number of methoxy groups -OCH3 is 2. The fourth-order valence-corrected chi connectivity index (χ4v) is 5.93. The van der Waals surface area contributed by atoms with Crippen molar-refractivity contribution in [3.8, 4) is 11.5 Å². The van der Waals surface area contributed by atoms with Gasteiger partial charge in [0.05, 0.1) is 25.3 Å². The maximum atomic E-state index is 13.1. The average Bonchev–Trinajstić information content (AvgIpc) is 2.98. The predicted molar refractivity (Wildman–Crippen MR) is 153 cm³/mol. The molecule has 38 heavy (non-hydrogen) atoms. The van der Waals surface area contributed by atoms with Gasteiger partial charge in [-0.15, -0.1) is 0 Å². The Morgan fingerprint density at radius 2 is 1.00 bits per heavy atom. The van der Waals surface area contributed by atoms with E-state index < -0.39 is 0 Å². The molecule has 0 aliphatic heterocycles. The zero-order valence-electron chi connectivity index (χ0n) is 21.1. The second-order valence-electron chi connectivity index (χ2n) is 8.23. The lowest BCUT2D eigenvalue weighted by Gasteiger charge is -2.14. The molecule has 2 amide bonds. The van der Waals surface area contributed by atoms with Gasteiger partial charge in [-0.1, -0.05) is 82.3 Å². The molecule has 0 aliphatic rings. The molecule has 6 nitrogen and oxygen atoms in total. The first-order valence-corrected chi connectivity index (χ1v) is 14.1. The van der Waals surface area contributed by atoms with Gasteiger partial charge >= 0.3 is 0 Å². The predicted octanol–water partition coefficient (Wildman–Crippen LogP) is 6.36. The zero-order chi connectivity index (χ0) is 26.7. The lowest BCUT2D eigenvalue weighted by atomic mass is 10.2. The van der Waals surface area contributed by atoms with Crippen molar-refractivity contribution in [3.63, 3.8) is 0 Å². The van der Waals surface area contributed by atoms with E-state index in [1.165, 1.54) is 21.6 Å². The number of benzene rings is 4. The van der Waals surface area contributed by atoms with E-state index in [0.717, 1.165) is 20.9 Å². The lowest BCUT2D eigenvalue weighted by molar-refractivity contribution is 0.0939. The van der Waals surface area contributed by atoms with Crippen LogP contribution in [0.1, 0.15) is 31.8 Å². The highest BCUT2D eigenvalue weighted by Crippen LogP contribution is 2.42. The van der Waals surface area contributed by atoms with Crippen LogP contribution in [0.2, 0.25) is 0 Å². The van der Waals surface area contributed by atoms with E-state index in [0.29, 0.717) is 35.7 Å². The van der Waals surface area contributed by atoms with Gasteiger partial charge in [0, 0.05) is 22.9 Å². The Labute approximate surface area is 230 Å². The summed E-state index contributed by atoms with van der Waals surface area (Å²) in [7, 11) is 5.96. The minimum Gasteiger partial charge on any atom is -0.497 e. The van der Waals surface area contributed by atoms with Gasteiger partial charge in [0.2, 0.25) is 0 Å². The minimum atomic E-state index is -0.202. The summed E-state index contributed by atoms with van der Waals surface area (Å²) in [4.78, 5) is 27.8. The van der Waals surface area contributed by atoms with Crippen LogP contribution in [0, 0.1) is 0 Å². The third-order valence-electron chi connectivity index (χ3n) is 5.68. The van der Waals surface area contributed by atoms with Crippen molar-refractivity contribution in [2.75, 3.05) is 14.2 Å². The fourth-order valence-electron chi connectivity index (χ4n) is 3.61. The molecule has 4 aromatic carbocycles. The van der Waals surface area contributed by atoms with Crippen LogP contribution >= 0.6 is 21.6 Å². The third-order valence-corrected chi connectivity index (χ3v) is 8.16. The summed E-state index contributed by atoms with van der Waals surface area (Å²) in [5.74, 6) is 0.780. The molecule has 0 aliphatic carbocycles. The van der Waals surface area contributed by atoms with Gasteiger partial charge in [0.15, 0.2) is 0 Å².